The van der Waals surface area contributed by atoms with Crippen LogP contribution in [0, 0.1) is 0 Å². The predicted octanol–water partition coefficient (Wildman–Crippen LogP) is 7.20. The highest BCUT2D eigenvalue weighted by atomic mass is 14.9. The SMILES string of the molecule is c1ccc(-c2nc3ccc(-c4c5ccccc5cc5ccccc45)cc3[nH]2)cc1. The Bertz CT molecular complexity index is 1440. The Labute approximate surface area is 168 Å². The number of aromatic nitrogens is 2. The van der Waals surface area contributed by atoms with Gasteiger partial charge in [0.25, 0.3) is 0 Å². The monoisotopic (exact) mass is 370 g/mol. The fourth-order valence-corrected chi connectivity index (χ4v) is 4.22. The van der Waals surface area contributed by atoms with Crippen molar-refractivity contribution >= 4 is 32.6 Å². The molecule has 0 amide bonds. The van der Waals surface area contributed by atoms with Gasteiger partial charge < -0.3 is 4.98 Å². The number of H-pyrrole nitrogens is 1. The van der Waals surface area contributed by atoms with Crippen molar-refractivity contribution in [3.05, 3.63) is 103 Å². The maximum Gasteiger partial charge on any atom is 0.138 e. The van der Waals surface area contributed by atoms with Crippen LogP contribution >= 0.6 is 0 Å². The van der Waals surface area contributed by atoms with Crippen LogP contribution in [0.1, 0.15) is 0 Å². The van der Waals surface area contributed by atoms with Crippen LogP contribution in [0.2, 0.25) is 0 Å². The Balaban J connectivity index is 1.62. The molecule has 6 rings (SSSR count). The summed E-state index contributed by atoms with van der Waals surface area (Å²) in [5, 5.41) is 5.06. The molecule has 1 heterocycles. The minimum atomic E-state index is 0.903. The number of rotatable bonds is 2. The van der Waals surface area contributed by atoms with E-state index < -0.39 is 0 Å². The molecule has 0 bridgehead atoms. The van der Waals surface area contributed by atoms with Crippen LogP contribution in [0.5, 0.6) is 0 Å². The highest BCUT2D eigenvalue weighted by Gasteiger charge is 2.12. The Morgan fingerprint density at radius 1 is 0.552 bits per heavy atom. The maximum atomic E-state index is 4.79. The molecule has 2 heteroatoms. The number of nitrogens with zero attached hydrogens (tertiary/aromatic N) is 1. The maximum absolute atomic E-state index is 4.79. The van der Waals surface area contributed by atoms with Gasteiger partial charge in [0.2, 0.25) is 0 Å². The topological polar surface area (TPSA) is 28.7 Å². The van der Waals surface area contributed by atoms with E-state index in [-0.39, 0.29) is 0 Å². The van der Waals surface area contributed by atoms with Crippen LogP contribution in [0.15, 0.2) is 103 Å². The van der Waals surface area contributed by atoms with E-state index in [1.54, 1.807) is 0 Å². The number of fused-ring (bicyclic) bond motifs is 3. The molecular weight excluding hydrogens is 352 g/mol. The van der Waals surface area contributed by atoms with Crippen LogP contribution in [0.25, 0.3) is 55.1 Å². The Morgan fingerprint density at radius 3 is 1.93 bits per heavy atom. The summed E-state index contributed by atoms with van der Waals surface area (Å²) in [5.41, 5.74) is 5.61. The average molecular weight is 370 g/mol. The third kappa shape index (κ3) is 2.61. The van der Waals surface area contributed by atoms with E-state index in [9.17, 15) is 0 Å². The number of hydrogen-bond donors (Lipinski definition) is 1. The van der Waals surface area contributed by atoms with Crippen molar-refractivity contribution in [2.75, 3.05) is 0 Å². The van der Waals surface area contributed by atoms with Crippen LogP contribution in [-0.4, -0.2) is 9.97 Å². The minimum Gasteiger partial charge on any atom is -0.338 e. The molecular formula is C27H18N2. The highest BCUT2D eigenvalue weighted by molar-refractivity contribution is 6.13. The van der Waals surface area contributed by atoms with Gasteiger partial charge in [-0.15, -0.1) is 0 Å². The lowest BCUT2D eigenvalue weighted by Crippen LogP contribution is -1.85. The number of benzene rings is 5. The molecule has 0 aliphatic heterocycles. The number of aromatic amines is 1. The van der Waals surface area contributed by atoms with Gasteiger partial charge in [0, 0.05) is 5.56 Å². The first-order valence-electron chi connectivity index (χ1n) is 9.83. The van der Waals surface area contributed by atoms with Gasteiger partial charge in [-0.2, -0.15) is 0 Å². The molecule has 2 nitrogen and oxygen atoms in total. The number of hydrogen-bond acceptors (Lipinski definition) is 1. The molecule has 6 aromatic rings. The van der Waals surface area contributed by atoms with Crippen molar-refractivity contribution in [1.82, 2.24) is 9.97 Å². The van der Waals surface area contributed by atoms with Gasteiger partial charge in [0.05, 0.1) is 11.0 Å². The summed E-state index contributed by atoms with van der Waals surface area (Å²) in [6.07, 6.45) is 0. The standard InChI is InChI=1S/C27H18N2/c1-2-8-18(9-3-1)27-28-24-15-14-21(17-25(24)29-27)26-22-12-6-4-10-19(22)16-20-11-5-7-13-23(20)26/h1-17H,(H,28,29). The smallest absolute Gasteiger partial charge is 0.138 e. The Morgan fingerprint density at radius 2 is 1.21 bits per heavy atom. The Kier molecular flexibility index (Phi) is 3.50. The summed E-state index contributed by atoms with van der Waals surface area (Å²) >= 11 is 0. The van der Waals surface area contributed by atoms with Crippen molar-refractivity contribution in [3.63, 3.8) is 0 Å². The second kappa shape index (κ2) is 6.32. The van der Waals surface area contributed by atoms with Gasteiger partial charge in [0.15, 0.2) is 0 Å². The first-order valence-corrected chi connectivity index (χ1v) is 9.83. The summed E-state index contributed by atoms with van der Waals surface area (Å²) in [5.74, 6) is 0.903. The van der Waals surface area contributed by atoms with Gasteiger partial charge in [-0.05, 0) is 50.9 Å². The number of nitrogens with one attached hydrogen (secondary N) is 1. The lowest BCUT2D eigenvalue weighted by Gasteiger charge is -2.12. The molecule has 5 aromatic carbocycles. The second-order valence-electron chi connectivity index (χ2n) is 7.38. The predicted molar refractivity (Wildman–Crippen MR) is 122 cm³/mol. The zero-order valence-electron chi connectivity index (χ0n) is 15.8. The summed E-state index contributed by atoms with van der Waals surface area (Å²) in [7, 11) is 0. The lowest BCUT2D eigenvalue weighted by molar-refractivity contribution is 1.34. The largest absolute Gasteiger partial charge is 0.338 e. The molecule has 0 aliphatic carbocycles. The average Bonchev–Trinajstić information content (AvgIpc) is 3.21. The zero-order valence-corrected chi connectivity index (χ0v) is 15.8. The van der Waals surface area contributed by atoms with E-state index in [1.165, 1.54) is 32.7 Å². The summed E-state index contributed by atoms with van der Waals surface area (Å²) in [6, 6.07) is 36.3. The molecule has 1 aromatic heterocycles. The lowest BCUT2D eigenvalue weighted by atomic mass is 9.92. The second-order valence-corrected chi connectivity index (χ2v) is 7.38. The normalized spacial score (nSPS) is 11.4. The summed E-state index contributed by atoms with van der Waals surface area (Å²) < 4.78 is 0. The van der Waals surface area contributed by atoms with Crippen molar-refractivity contribution in [3.8, 4) is 22.5 Å². The van der Waals surface area contributed by atoms with E-state index in [0.29, 0.717) is 0 Å². The van der Waals surface area contributed by atoms with Crippen LogP contribution in [0.4, 0.5) is 0 Å². The van der Waals surface area contributed by atoms with Gasteiger partial charge >= 0.3 is 0 Å². The van der Waals surface area contributed by atoms with Gasteiger partial charge in [-0.3, -0.25) is 0 Å². The highest BCUT2D eigenvalue weighted by Crippen LogP contribution is 2.37. The first kappa shape index (κ1) is 16.1. The van der Waals surface area contributed by atoms with E-state index in [0.717, 1.165) is 22.4 Å². The van der Waals surface area contributed by atoms with Gasteiger partial charge in [-0.1, -0.05) is 84.9 Å². The van der Waals surface area contributed by atoms with E-state index >= 15 is 0 Å². The third-order valence-corrected chi connectivity index (χ3v) is 5.59. The van der Waals surface area contributed by atoms with Crippen LogP contribution < -0.4 is 0 Å². The summed E-state index contributed by atoms with van der Waals surface area (Å²) in [6.45, 7) is 0. The fourth-order valence-electron chi connectivity index (χ4n) is 4.22. The van der Waals surface area contributed by atoms with Crippen LogP contribution in [0.3, 0.4) is 0 Å². The molecule has 0 unspecified atom stereocenters. The van der Waals surface area contributed by atoms with Gasteiger partial charge in [-0.25, -0.2) is 4.98 Å². The molecule has 136 valence electrons. The zero-order chi connectivity index (χ0) is 19.2. The van der Waals surface area contributed by atoms with Crippen molar-refractivity contribution in [2.45, 2.75) is 0 Å². The number of imidazole rings is 1. The van der Waals surface area contributed by atoms with Crippen molar-refractivity contribution < 1.29 is 0 Å². The molecule has 29 heavy (non-hydrogen) atoms. The van der Waals surface area contributed by atoms with Crippen molar-refractivity contribution in [1.29, 1.82) is 0 Å². The molecule has 0 saturated heterocycles. The fraction of sp³-hybridized carbons (Fsp3) is 0. The first-order chi connectivity index (χ1) is 14.4. The molecule has 0 saturated carbocycles. The molecule has 0 fully saturated rings. The van der Waals surface area contributed by atoms with E-state index in [2.05, 4.69) is 89.9 Å². The molecule has 0 radical (unpaired) electrons. The van der Waals surface area contributed by atoms with Crippen LogP contribution in [-0.2, 0) is 0 Å². The van der Waals surface area contributed by atoms with Crippen molar-refractivity contribution in [2.24, 2.45) is 0 Å². The minimum absolute atomic E-state index is 0.903. The Hall–Kier alpha value is -3.91. The third-order valence-electron chi connectivity index (χ3n) is 5.59. The summed E-state index contributed by atoms with van der Waals surface area (Å²) in [4.78, 5) is 8.29. The van der Waals surface area contributed by atoms with Gasteiger partial charge in [0.1, 0.15) is 5.82 Å². The van der Waals surface area contributed by atoms with E-state index in [1.807, 2.05) is 18.2 Å². The molecule has 1 N–H and O–H groups in total. The quantitative estimate of drug-likeness (QED) is 0.321. The van der Waals surface area contributed by atoms with E-state index in [4.69, 9.17) is 4.98 Å². The molecule has 0 spiro atoms. The molecule has 0 atom stereocenters. The molecule has 0 aliphatic rings.